The Bertz CT molecular complexity index is 607. The summed E-state index contributed by atoms with van der Waals surface area (Å²) in [6.45, 7) is 3.43. The van der Waals surface area contributed by atoms with Gasteiger partial charge in [0, 0.05) is 12.3 Å². The second kappa shape index (κ2) is 6.43. The van der Waals surface area contributed by atoms with Gasteiger partial charge in [0.15, 0.2) is 10.9 Å². The first-order valence-corrected chi connectivity index (χ1v) is 7.32. The number of aromatic nitrogens is 1. The predicted octanol–water partition coefficient (Wildman–Crippen LogP) is 3.48. The zero-order valence-electron chi connectivity index (χ0n) is 11.4. The molecule has 1 unspecified atom stereocenters. The maximum absolute atomic E-state index is 12.3. The van der Waals surface area contributed by atoms with E-state index in [2.05, 4.69) is 10.3 Å². The summed E-state index contributed by atoms with van der Waals surface area (Å²) in [5.41, 5.74) is 1.37. The molecule has 1 amide bonds. The Labute approximate surface area is 121 Å². The summed E-state index contributed by atoms with van der Waals surface area (Å²) in [5.74, 6) is -0.402. The van der Waals surface area contributed by atoms with Crippen molar-refractivity contribution in [3.63, 3.8) is 0 Å². The highest BCUT2D eigenvalue weighted by Gasteiger charge is 2.19. The number of Topliss-reactive ketones (excluding diaryl/α,β-unsaturated/α-hetero) is 1. The van der Waals surface area contributed by atoms with Crippen LogP contribution < -0.4 is 5.32 Å². The molecule has 20 heavy (non-hydrogen) atoms. The second-order valence-electron chi connectivity index (χ2n) is 4.45. The van der Waals surface area contributed by atoms with Crippen molar-refractivity contribution in [1.29, 1.82) is 0 Å². The molecule has 104 valence electrons. The maximum Gasteiger partial charge on any atom is 0.233 e. The van der Waals surface area contributed by atoms with Crippen LogP contribution in [0.4, 0.5) is 5.13 Å². The fraction of sp³-hybridized carbons (Fsp3) is 0.267. The second-order valence-corrected chi connectivity index (χ2v) is 5.31. The van der Waals surface area contributed by atoms with Gasteiger partial charge in [-0.25, -0.2) is 4.98 Å². The molecule has 0 bridgehead atoms. The molecule has 2 rings (SSSR count). The van der Waals surface area contributed by atoms with Crippen LogP contribution in [0.15, 0.2) is 35.7 Å². The van der Waals surface area contributed by atoms with E-state index in [1.165, 1.54) is 18.3 Å². The van der Waals surface area contributed by atoms with E-state index in [-0.39, 0.29) is 17.6 Å². The van der Waals surface area contributed by atoms with E-state index in [9.17, 15) is 9.59 Å². The van der Waals surface area contributed by atoms with Crippen LogP contribution in [0.1, 0.15) is 42.2 Å². The number of nitrogens with one attached hydrogen (secondary N) is 1. The highest BCUT2D eigenvalue weighted by atomic mass is 32.1. The first-order valence-electron chi connectivity index (χ1n) is 6.44. The van der Waals surface area contributed by atoms with Crippen LogP contribution in [0.5, 0.6) is 0 Å². The average Bonchev–Trinajstić information content (AvgIpc) is 2.89. The van der Waals surface area contributed by atoms with Gasteiger partial charge in [0.25, 0.3) is 0 Å². The Morgan fingerprint density at radius 2 is 2.00 bits per heavy atom. The Balaban J connectivity index is 2.11. The minimum absolute atomic E-state index is 0.0943. The largest absolute Gasteiger partial charge is 0.301 e. The number of benzene rings is 1. The zero-order chi connectivity index (χ0) is 14.5. The number of amides is 1. The number of hydrogen-bond donors (Lipinski definition) is 1. The summed E-state index contributed by atoms with van der Waals surface area (Å²) >= 11 is 1.27. The van der Waals surface area contributed by atoms with Crippen molar-refractivity contribution >= 4 is 28.2 Å². The number of carbonyl (C=O) groups excluding carboxylic acids is 2. The van der Waals surface area contributed by atoms with Gasteiger partial charge in [0.05, 0.1) is 5.92 Å². The van der Waals surface area contributed by atoms with E-state index < -0.39 is 0 Å². The summed E-state index contributed by atoms with van der Waals surface area (Å²) in [6.07, 6.45) is 0.709. The third-order valence-corrected chi connectivity index (χ3v) is 3.78. The summed E-state index contributed by atoms with van der Waals surface area (Å²) in [6, 6.07) is 9.65. The molecule has 2 aromatic rings. The third-order valence-electron chi connectivity index (χ3n) is 3.02. The van der Waals surface area contributed by atoms with Crippen LogP contribution in [0.2, 0.25) is 0 Å². The topological polar surface area (TPSA) is 59.1 Å². The lowest BCUT2D eigenvalue weighted by Crippen LogP contribution is -2.20. The number of anilines is 1. The lowest BCUT2D eigenvalue weighted by Gasteiger charge is -2.13. The third kappa shape index (κ3) is 3.30. The van der Waals surface area contributed by atoms with Gasteiger partial charge in [-0.3, -0.25) is 9.59 Å². The summed E-state index contributed by atoms with van der Waals surface area (Å²) in [7, 11) is 0. The van der Waals surface area contributed by atoms with Crippen molar-refractivity contribution in [3.05, 3.63) is 47.0 Å². The van der Waals surface area contributed by atoms with E-state index in [4.69, 9.17) is 0 Å². The quantitative estimate of drug-likeness (QED) is 0.857. The molecule has 0 saturated carbocycles. The number of carbonyl (C=O) groups is 2. The monoisotopic (exact) mass is 288 g/mol. The van der Waals surface area contributed by atoms with Crippen molar-refractivity contribution in [1.82, 2.24) is 4.98 Å². The Kier molecular flexibility index (Phi) is 4.63. The number of hydrogen-bond acceptors (Lipinski definition) is 4. The van der Waals surface area contributed by atoms with Gasteiger partial charge >= 0.3 is 0 Å². The van der Waals surface area contributed by atoms with Crippen LogP contribution in [0, 0.1) is 0 Å². The minimum atomic E-state index is -0.208. The van der Waals surface area contributed by atoms with E-state index >= 15 is 0 Å². The van der Waals surface area contributed by atoms with Crippen molar-refractivity contribution in [2.45, 2.75) is 26.2 Å². The van der Waals surface area contributed by atoms with Gasteiger partial charge < -0.3 is 5.32 Å². The standard InChI is InChI=1S/C15H16N2O2S/c1-3-12(11-7-5-4-6-8-11)14(19)17-15-16-13(9-20-15)10(2)18/h4-9,12H,3H2,1-2H3,(H,16,17,19). The fourth-order valence-corrected chi connectivity index (χ4v) is 2.70. The summed E-state index contributed by atoms with van der Waals surface area (Å²) < 4.78 is 0. The molecule has 1 heterocycles. The average molecular weight is 288 g/mol. The van der Waals surface area contributed by atoms with Gasteiger partial charge in [-0.05, 0) is 12.0 Å². The van der Waals surface area contributed by atoms with Crippen LogP contribution in [0.25, 0.3) is 0 Å². The molecule has 1 aromatic carbocycles. The first kappa shape index (κ1) is 14.4. The Morgan fingerprint density at radius 1 is 1.30 bits per heavy atom. The van der Waals surface area contributed by atoms with Crippen molar-refractivity contribution in [3.8, 4) is 0 Å². The van der Waals surface area contributed by atoms with Crippen molar-refractivity contribution < 1.29 is 9.59 Å². The van der Waals surface area contributed by atoms with E-state index in [0.29, 0.717) is 17.2 Å². The number of rotatable bonds is 5. The lowest BCUT2D eigenvalue weighted by atomic mass is 9.96. The molecule has 1 N–H and O–H groups in total. The minimum Gasteiger partial charge on any atom is -0.301 e. The first-order chi connectivity index (χ1) is 9.61. The van der Waals surface area contributed by atoms with Gasteiger partial charge in [0.1, 0.15) is 5.69 Å². The smallest absolute Gasteiger partial charge is 0.233 e. The normalized spacial score (nSPS) is 11.9. The maximum atomic E-state index is 12.3. The molecular formula is C15H16N2O2S. The van der Waals surface area contributed by atoms with E-state index in [1.807, 2.05) is 37.3 Å². The predicted molar refractivity (Wildman–Crippen MR) is 80.2 cm³/mol. The SMILES string of the molecule is CCC(C(=O)Nc1nc(C(C)=O)cs1)c1ccccc1. The molecule has 0 aliphatic rings. The molecule has 1 aromatic heterocycles. The van der Waals surface area contributed by atoms with Gasteiger partial charge in [-0.15, -0.1) is 11.3 Å². The Morgan fingerprint density at radius 3 is 2.55 bits per heavy atom. The Hall–Kier alpha value is -2.01. The van der Waals surface area contributed by atoms with Gasteiger partial charge in [0.2, 0.25) is 5.91 Å². The molecule has 1 atom stereocenters. The summed E-state index contributed by atoms with van der Waals surface area (Å²) in [4.78, 5) is 27.6. The molecule has 0 aliphatic heterocycles. The number of thiazole rings is 1. The molecule has 5 heteroatoms. The molecule has 0 spiro atoms. The van der Waals surface area contributed by atoms with Gasteiger partial charge in [-0.1, -0.05) is 37.3 Å². The lowest BCUT2D eigenvalue weighted by molar-refractivity contribution is -0.117. The van der Waals surface area contributed by atoms with E-state index in [1.54, 1.807) is 5.38 Å². The molecule has 0 radical (unpaired) electrons. The highest BCUT2D eigenvalue weighted by Crippen LogP contribution is 2.23. The van der Waals surface area contributed by atoms with Crippen molar-refractivity contribution in [2.24, 2.45) is 0 Å². The number of ketones is 1. The van der Waals surface area contributed by atoms with Crippen LogP contribution in [-0.4, -0.2) is 16.7 Å². The molecule has 4 nitrogen and oxygen atoms in total. The van der Waals surface area contributed by atoms with Crippen LogP contribution >= 0.6 is 11.3 Å². The van der Waals surface area contributed by atoms with Gasteiger partial charge in [-0.2, -0.15) is 0 Å². The fourth-order valence-electron chi connectivity index (χ4n) is 1.94. The molecule has 0 aliphatic carbocycles. The molecular weight excluding hydrogens is 272 g/mol. The van der Waals surface area contributed by atoms with Crippen LogP contribution in [-0.2, 0) is 4.79 Å². The summed E-state index contributed by atoms with van der Waals surface area (Å²) in [5, 5.41) is 4.90. The van der Waals surface area contributed by atoms with Crippen LogP contribution in [0.3, 0.4) is 0 Å². The zero-order valence-corrected chi connectivity index (χ0v) is 12.2. The number of nitrogens with zero attached hydrogens (tertiary/aromatic N) is 1. The molecule has 0 fully saturated rings. The highest BCUT2D eigenvalue weighted by molar-refractivity contribution is 7.14. The van der Waals surface area contributed by atoms with Crippen molar-refractivity contribution in [2.75, 3.05) is 5.32 Å². The molecule has 0 saturated heterocycles. The van der Waals surface area contributed by atoms with E-state index in [0.717, 1.165) is 5.56 Å².